The molecule has 0 amide bonds. The summed E-state index contributed by atoms with van der Waals surface area (Å²) in [5.74, 6) is 0.700. The van der Waals surface area contributed by atoms with Gasteiger partial charge in [-0.3, -0.25) is 0 Å². The lowest BCUT2D eigenvalue weighted by molar-refractivity contribution is 0.0620. The number of rotatable bonds is 2. The molecule has 2 rings (SSSR count). The lowest BCUT2D eigenvalue weighted by Gasteiger charge is -2.36. The molecule has 1 aromatic rings. The van der Waals surface area contributed by atoms with E-state index in [1.165, 1.54) is 0 Å². The van der Waals surface area contributed by atoms with Gasteiger partial charge in [-0.1, -0.05) is 19.9 Å². The van der Waals surface area contributed by atoms with Crippen molar-refractivity contribution in [1.82, 2.24) is 4.98 Å². The highest BCUT2D eigenvalue weighted by Gasteiger charge is 2.33. The molecule has 1 aliphatic rings. The van der Waals surface area contributed by atoms with Gasteiger partial charge in [0, 0.05) is 11.6 Å². The van der Waals surface area contributed by atoms with E-state index in [0.29, 0.717) is 19.0 Å². The third-order valence-electron chi connectivity index (χ3n) is 2.17. The molecule has 0 atom stereocenters. The zero-order valence-electron chi connectivity index (χ0n) is 9.34. The topological polar surface area (TPSA) is 43.4 Å². The number of hydrogen-bond donors (Lipinski definition) is 1. The van der Waals surface area contributed by atoms with Crippen LogP contribution in [-0.2, 0) is 20.9 Å². The van der Waals surface area contributed by atoms with Crippen molar-refractivity contribution in [3.8, 4) is 0 Å². The highest BCUT2D eigenvalue weighted by atomic mass is 32.5. The van der Waals surface area contributed by atoms with Crippen molar-refractivity contribution in [2.45, 2.75) is 13.8 Å². The average Bonchev–Trinajstić information content (AvgIpc) is 2.25. The monoisotopic (exact) mass is 258 g/mol. The summed E-state index contributed by atoms with van der Waals surface area (Å²) in [6.07, 6.45) is 1.71. The molecule has 6 heteroatoms. The van der Waals surface area contributed by atoms with Gasteiger partial charge in [0.05, 0.1) is 13.2 Å². The fourth-order valence-electron chi connectivity index (χ4n) is 1.23. The van der Waals surface area contributed by atoms with E-state index < -0.39 is 6.64 Å². The highest BCUT2D eigenvalue weighted by molar-refractivity contribution is 8.10. The summed E-state index contributed by atoms with van der Waals surface area (Å²) in [5, 5.41) is 3.07. The van der Waals surface area contributed by atoms with Gasteiger partial charge >= 0.3 is 0 Å². The van der Waals surface area contributed by atoms with Gasteiger partial charge in [0.15, 0.2) is 0 Å². The van der Waals surface area contributed by atoms with Crippen LogP contribution in [0.25, 0.3) is 0 Å². The van der Waals surface area contributed by atoms with Gasteiger partial charge in [0.2, 0.25) is 0 Å². The van der Waals surface area contributed by atoms with Crippen LogP contribution in [0.5, 0.6) is 0 Å². The Hall–Kier alpha value is -0.480. The SMILES string of the molecule is CC1(C)COP(=S)(Nc2ccccn2)OC1. The predicted octanol–water partition coefficient (Wildman–Crippen LogP) is 2.79. The van der Waals surface area contributed by atoms with Crippen molar-refractivity contribution in [3.63, 3.8) is 0 Å². The molecule has 0 bridgehead atoms. The second-order valence-corrected chi connectivity index (χ2v) is 7.71. The summed E-state index contributed by atoms with van der Waals surface area (Å²) in [6, 6.07) is 5.59. The van der Waals surface area contributed by atoms with Gasteiger partial charge in [-0.15, -0.1) is 0 Å². The van der Waals surface area contributed by atoms with E-state index >= 15 is 0 Å². The Balaban J connectivity index is 2.03. The summed E-state index contributed by atoms with van der Waals surface area (Å²) in [5.41, 5.74) is 0.0358. The minimum absolute atomic E-state index is 0.0358. The average molecular weight is 258 g/mol. The first kappa shape index (κ1) is 12.0. The van der Waals surface area contributed by atoms with Gasteiger partial charge in [-0.05, 0) is 23.9 Å². The van der Waals surface area contributed by atoms with Gasteiger partial charge in [-0.2, -0.15) is 0 Å². The Morgan fingerprint density at radius 2 is 2.06 bits per heavy atom. The second-order valence-electron chi connectivity index (χ2n) is 4.54. The van der Waals surface area contributed by atoms with E-state index in [-0.39, 0.29) is 5.41 Å². The van der Waals surface area contributed by atoms with Crippen molar-refractivity contribution in [3.05, 3.63) is 24.4 Å². The molecule has 1 fully saturated rings. The van der Waals surface area contributed by atoms with Crippen molar-refractivity contribution >= 4 is 24.3 Å². The fraction of sp³-hybridized carbons (Fsp3) is 0.500. The van der Waals surface area contributed by atoms with Gasteiger partial charge in [0.1, 0.15) is 5.82 Å². The lowest BCUT2D eigenvalue weighted by atomic mass is 9.97. The van der Waals surface area contributed by atoms with Crippen molar-refractivity contribution < 1.29 is 9.05 Å². The molecule has 4 nitrogen and oxygen atoms in total. The molecular weight excluding hydrogens is 243 g/mol. The Morgan fingerprint density at radius 3 is 2.62 bits per heavy atom. The standard InChI is InChI=1S/C10H15N2O2PS/c1-10(2)7-13-15(16,14-8-10)12-9-5-3-4-6-11-9/h3-6H,7-8H2,1-2H3,(H,11,12,16). The van der Waals surface area contributed by atoms with Gasteiger partial charge in [0.25, 0.3) is 6.64 Å². The van der Waals surface area contributed by atoms with Crippen LogP contribution in [0.1, 0.15) is 13.8 Å². The van der Waals surface area contributed by atoms with Gasteiger partial charge < -0.3 is 14.1 Å². The number of anilines is 1. The van der Waals surface area contributed by atoms with Gasteiger partial charge in [-0.25, -0.2) is 4.98 Å². The van der Waals surface area contributed by atoms with Crippen LogP contribution in [0, 0.1) is 5.41 Å². The molecule has 1 saturated heterocycles. The first-order valence-electron chi connectivity index (χ1n) is 5.08. The van der Waals surface area contributed by atoms with E-state index in [9.17, 15) is 0 Å². The Morgan fingerprint density at radius 1 is 1.38 bits per heavy atom. The van der Waals surface area contributed by atoms with Crippen molar-refractivity contribution in [2.24, 2.45) is 5.41 Å². The van der Waals surface area contributed by atoms with E-state index in [0.717, 1.165) is 0 Å². The Bertz CT molecular complexity index is 397. The third-order valence-corrected chi connectivity index (χ3v) is 4.51. The first-order valence-corrected chi connectivity index (χ1v) is 7.71. The number of nitrogens with zero attached hydrogens (tertiary/aromatic N) is 1. The van der Waals surface area contributed by atoms with Crippen molar-refractivity contribution in [1.29, 1.82) is 0 Å². The first-order chi connectivity index (χ1) is 7.49. The molecule has 0 saturated carbocycles. The third kappa shape index (κ3) is 3.01. The van der Waals surface area contributed by atoms with Crippen LogP contribution in [0.2, 0.25) is 0 Å². The highest BCUT2D eigenvalue weighted by Crippen LogP contribution is 2.53. The summed E-state index contributed by atoms with van der Waals surface area (Å²) in [6.45, 7) is 3.02. The van der Waals surface area contributed by atoms with E-state index in [4.69, 9.17) is 20.9 Å². The minimum atomic E-state index is -2.39. The predicted molar refractivity (Wildman–Crippen MR) is 67.8 cm³/mol. The summed E-state index contributed by atoms with van der Waals surface area (Å²) in [4.78, 5) is 4.14. The molecule has 0 aliphatic carbocycles. The Kier molecular flexibility index (Phi) is 3.31. The number of hydrogen-bond acceptors (Lipinski definition) is 4. The summed E-state index contributed by atoms with van der Waals surface area (Å²) < 4.78 is 11.3. The molecule has 16 heavy (non-hydrogen) atoms. The van der Waals surface area contributed by atoms with Crippen LogP contribution in [0.4, 0.5) is 5.82 Å². The molecule has 1 N–H and O–H groups in total. The summed E-state index contributed by atoms with van der Waals surface area (Å²) in [7, 11) is 0. The molecule has 2 heterocycles. The molecule has 0 radical (unpaired) electrons. The zero-order valence-corrected chi connectivity index (χ0v) is 11.1. The second kappa shape index (κ2) is 4.41. The summed E-state index contributed by atoms with van der Waals surface area (Å²) >= 11 is 5.35. The van der Waals surface area contributed by atoms with E-state index in [1.807, 2.05) is 18.2 Å². The maximum Gasteiger partial charge on any atom is 0.288 e. The maximum atomic E-state index is 5.64. The van der Waals surface area contributed by atoms with Crippen LogP contribution in [0.15, 0.2) is 24.4 Å². The minimum Gasteiger partial charge on any atom is -0.313 e. The van der Waals surface area contributed by atoms with Crippen LogP contribution >= 0.6 is 6.64 Å². The van der Waals surface area contributed by atoms with Crippen LogP contribution in [0.3, 0.4) is 0 Å². The fourth-order valence-corrected chi connectivity index (χ4v) is 3.48. The molecule has 1 aliphatic heterocycles. The van der Waals surface area contributed by atoms with Crippen LogP contribution < -0.4 is 5.09 Å². The molecular formula is C10H15N2O2PS. The largest absolute Gasteiger partial charge is 0.313 e. The molecule has 0 unspecified atom stereocenters. The quantitative estimate of drug-likeness (QED) is 0.826. The molecule has 88 valence electrons. The van der Waals surface area contributed by atoms with E-state index in [1.54, 1.807) is 6.20 Å². The van der Waals surface area contributed by atoms with E-state index in [2.05, 4.69) is 23.9 Å². The number of pyridine rings is 1. The lowest BCUT2D eigenvalue weighted by Crippen LogP contribution is -2.30. The number of nitrogens with one attached hydrogen (secondary N) is 1. The normalized spacial score (nSPS) is 22.6. The smallest absolute Gasteiger partial charge is 0.288 e. The zero-order chi connectivity index (χ0) is 11.6. The van der Waals surface area contributed by atoms with Crippen LogP contribution in [-0.4, -0.2) is 18.2 Å². The molecule has 1 aromatic heterocycles. The maximum absolute atomic E-state index is 5.64. The Labute approximate surface area is 101 Å². The number of aromatic nitrogens is 1. The molecule has 0 spiro atoms. The molecule has 0 aromatic carbocycles. The van der Waals surface area contributed by atoms with Crippen molar-refractivity contribution in [2.75, 3.05) is 18.3 Å².